The van der Waals surface area contributed by atoms with Gasteiger partial charge >= 0.3 is 24.3 Å². The van der Waals surface area contributed by atoms with Crippen molar-refractivity contribution in [3.05, 3.63) is 22.7 Å². The molecule has 6 saturated heterocycles. The molecule has 4 bridgehead atoms. The number of carbonyl (C=O) groups is 2. The minimum absolute atomic E-state index is 0.0272. The van der Waals surface area contributed by atoms with Gasteiger partial charge in [-0.25, -0.2) is 19.6 Å². The molecule has 0 amide bonds. The quantitative estimate of drug-likeness (QED) is 0.125. The monoisotopic (exact) mass is 768 g/mol. The lowest BCUT2D eigenvalue weighted by Gasteiger charge is -2.57. The highest BCUT2D eigenvalue weighted by atomic mass is 19.4. The van der Waals surface area contributed by atoms with Crippen LogP contribution in [0.3, 0.4) is 0 Å². The molecule has 10 aliphatic rings. The van der Waals surface area contributed by atoms with Gasteiger partial charge in [0.05, 0.1) is 0 Å². The molecule has 12 nitrogen and oxygen atoms in total. The number of halogens is 6. The molecule has 0 radical (unpaired) electrons. The minimum atomic E-state index is -4.99. The summed E-state index contributed by atoms with van der Waals surface area (Å²) in [6.07, 6.45) is -10.7. The Morgan fingerprint density at radius 2 is 1.04 bits per heavy atom. The summed E-state index contributed by atoms with van der Waals surface area (Å²) in [7, 11) is 0. The zero-order valence-electron chi connectivity index (χ0n) is 29.6. The van der Waals surface area contributed by atoms with Gasteiger partial charge in [-0.3, -0.25) is 9.59 Å². The van der Waals surface area contributed by atoms with Gasteiger partial charge in [0.2, 0.25) is 35.7 Å². The smallest absolute Gasteiger partial charge is 0.449 e. The van der Waals surface area contributed by atoms with Gasteiger partial charge in [-0.15, -0.1) is 0 Å². The Morgan fingerprint density at radius 1 is 0.642 bits per heavy atom. The zero-order valence-corrected chi connectivity index (χ0v) is 29.6. The van der Waals surface area contributed by atoms with E-state index in [1.54, 1.807) is 13.8 Å². The molecule has 2 saturated carbocycles. The van der Waals surface area contributed by atoms with Gasteiger partial charge in [-0.1, -0.05) is 13.8 Å². The van der Waals surface area contributed by atoms with Gasteiger partial charge in [0, 0.05) is 47.7 Å². The average Bonchev–Trinajstić information content (AvgIpc) is 3.45. The van der Waals surface area contributed by atoms with E-state index in [0.29, 0.717) is 38.5 Å². The number of rotatable bonds is 6. The Hall–Kier alpha value is -2.64. The van der Waals surface area contributed by atoms with Crippen LogP contribution < -0.4 is 0 Å². The summed E-state index contributed by atoms with van der Waals surface area (Å²) in [6.45, 7) is 5.27. The van der Waals surface area contributed by atoms with Crippen molar-refractivity contribution in [2.24, 2.45) is 35.5 Å². The van der Waals surface area contributed by atoms with Gasteiger partial charge in [0.1, 0.15) is 19.6 Å². The molecule has 0 aromatic rings. The molecule has 53 heavy (non-hydrogen) atoms. The van der Waals surface area contributed by atoms with Crippen molar-refractivity contribution >= 4 is 11.9 Å². The molecule has 10 rings (SSSR count). The van der Waals surface area contributed by atoms with Gasteiger partial charge in [-0.05, 0) is 64.2 Å². The summed E-state index contributed by atoms with van der Waals surface area (Å²) in [4.78, 5) is 48.9. The predicted molar refractivity (Wildman–Crippen MR) is 160 cm³/mol. The van der Waals surface area contributed by atoms with Crippen molar-refractivity contribution in [3.63, 3.8) is 0 Å². The number of allylic oxidation sites excluding steroid dienone is 2. The lowest BCUT2D eigenvalue weighted by Crippen LogP contribution is -2.67. The minimum Gasteiger partial charge on any atom is -0.461 e. The topological polar surface area (TPSA) is 126 Å². The Bertz CT molecular complexity index is 1480. The van der Waals surface area contributed by atoms with Gasteiger partial charge in [-0.2, -0.15) is 26.3 Å². The van der Waals surface area contributed by atoms with Gasteiger partial charge in [0.15, 0.2) is 11.2 Å². The molecular formula is C35H42F6O12. The van der Waals surface area contributed by atoms with Crippen molar-refractivity contribution < 1.29 is 83.9 Å². The fraction of sp³-hybridized carbons (Fsp3) is 0.829. The van der Waals surface area contributed by atoms with E-state index in [4.69, 9.17) is 48.0 Å². The summed E-state index contributed by atoms with van der Waals surface area (Å²) in [5.41, 5.74) is -3.68. The van der Waals surface area contributed by atoms with Crippen LogP contribution in [0.4, 0.5) is 26.3 Å². The summed E-state index contributed by atoms with van der Waals surface area (Å²) < 4.78 is 120. The molecule has 0 aromatic carbocycles. The number of ether oxygens (including phenoxy) is 6. The maximum atomic E-state index is 14.5. The van der Waals surface area contributed by atoms with Gasteiger partial charge < -0.3 is 28.4 Å². The molecule has 12 atom stereocenters. The number of alkyl halides is 6. The molecule has 8 heterocycles. The highest BCUT2D eigenvalue weighted by Gasteiger charge is 2.72. The first-order valence-electron chi connectivity index (χ1n) is 18.1. The second-order valence-electron chi connectivity index (χ2n) is 16.2. The molecule has 2 aliphatic carbocycles. The largest absolute Gasteiger partial charge is 0.461 e. The summed E-state index contributed by atoms with van der Waals surface area (Å²) in [5.74, 6) is -10.4. The van der Waals surface area contributed by atoms with E-state index in [-0.39, 0.29) is 36.5 Å². The fourth-order valence-electron chi connectivity index (χ4n) is 10.3. The zero-order chi connectivity index (χ0) is 37.9. The average molecular weight is 769 g/mol. The second-order valence-corrected chi connectivity index (χ2v) is 16.2. The Morgan fingerprint density at radius 3 is 1.42 bits per heavy atom. The molecule has 18 heteroatoms. The fourth-order valence-corrected chi connectivity index (χ4v) is 10.3. The lowest BCUT2D eigenvalue weighted by atomic mass is 9.59. The maximum Gasteiger partial charge on any atom is 0.449 e. The van der Waals surface area contributed by atoms with Crippen molar-refractivity contribution in [3.8, 4) is 0 Å². The SMILES string of the molecule is C[C@@H]1CC[C@H]2C(COC(=O)CC(=O)OCC3=C(C(F)(F)F)O[C@@H]4OC5(C)CCC6[C@H](C)CC[C@@H]3[C@]64OO5)=C(C(F)(F)F)O[C@@H]3OC4(C)CCC1[C@]32OO4. The van der Waals surface area contributed by atoms with Crippen molar-refractivity contribution in [1.29, 1.82) is 0 Å². The highest BCUT2D eigenvalue weighted by molar-refractivity contribution is 5.91. The third kappa shape index (κ3) is 5.87. The van der Waals surface area contributed by atoms with Crippen molar-refractivity contribution in [1.82, 2.24) is 0 Å². The normalized spacial score (nSPS) is 44.6. The Kier molecular flexibility index (Phi) is 8.75. The first-order chi connectivity index (χ1) is 24.8. The van der Waals surface area contributed by atoms with E-state index in [9.17, 15) is 35.9 Å². The predicted octanol–water partition coefficient (Wildman–Crippen LogP) is 6.59. The van der Waals surface area contributed by atoms with Crippen LogP contribution in [-0.4, -0.2) is 72.9 Å². The molecule has 296 valence electrons. The molecule has 8 aliphatic heterocycles. The van der Waals surface area contributed by atoms with Crippen LogP contribution in [0.15, 0.2) is 22.7 Å². The summed E-state index contributed by atoms with van der Waals surface area (Å²) in [5, 5.41) is 0. The van der Waals surface area contributed by atoms with E-state index >= 15 is 0 Å². The molecular weight excluding hydrogens is 726 g/mol. The lowest BCUT2D eigenvalue weighted by molar-refractivity contribution is -0.558. The third-order valence-corrected chi connectivity index (χ3v) is 12.9. The molecule has 0 aromatic heterocycles. The Labute approximate surface area is 300 Å². The third-order valence-electron chi connectivity index (χ3n) is 12.9. The first-order valence-corrected chi connectivity index (χ1v) is 18.1. The van der Waals surface area contributed by atoms with Crippen molar-refractivity contribution in [2.75, 3.05) is 13.2 Å². The van der Waals surface area contributed by atoms with Gasteiger partial charge in [0.25, 0.3) is 0 Å². The highest BCUT2D eigenvalue weighted by Crippen LogP contribution is 2.63. The van der Waals surface area contributed by atoms with Crippen LogP contribution in [0, 0.1) is 35.5 Å². The molecule has 2 spiro atoms. The number of esters is 2. The second kappa shape index (κ2) is 12.4. The Balaban J connectivity index is 0.990. The first kappa shape index (κ1) is 37.3. The molecule has 8 fully saturated rings. The summed E-state index contributed by atoms with van der Waals surface area (Å²) >= 11 is 0. The number of fused-ring (bicyclic) bond motifs is 4. The van der Waals surface area contributed by atoms with E-state index < -0.39 is 114 Å². The number of hydrogen-bond acceptors (Lipinski definition) is 12. The van der Waals surface area contributed by atoms with E-state index in [2.05, 4.69) is 0 Å². The van der Waals surface area contributed by atoms with Crippen LogP contribution in [-0.2, 0) is 57.6 Å². The van der Waals surface area contributed by atoms with Crippen LogP contribution >= 0.6 is 0 Å². The summed E-state index contributed by atoms with van der Waals surface area (Å²) in [6, 6.07) is 0. The standard InChI is InChI=1S/C35H42F6O12/c1-16-5-7-22-18(26(34(36,37)38)46-28-32(22)20(16)9-11-30(3,48-28)50-52-32)14-44-24(42)13-25(43)45-15-19-23-8-6-17(2)21-10-12-31(4)49-29(33(21,23)53-51-31)47-27(19)35(39,40)41/h16-17,20-23,28-29H,5-15H2,1-4H3/t16-,17-,20?,21?,22+,23+,28-,29-,30?,31?,32-,33-/m1/s1. The number of hydrogen-bond donors (Lipinski definition) is 0. The number of carbonyl (C=O) groups excluding carboxylic acids is 2. The van der Waals surface area contributed by atoms with Crippen LogP contribution in [0.1, 0.15) is 85.5 Å². The maximum absolute atomic E-state index is 14.5. The van der Waals surface area contributed by atoms with E-state index in [1.165, 1.54) is 0 Å². The van der Waals surface area contributed by atoms with Crippen LogP contribution in [0.25, 0.3) is 0 Å². The van der Waals surface area contributed by atoms with Crippen LogP contribution in [0.2, 0.25) is 0 Å². The van der Waals surface area contributed by atoms with E-state index in [1.807, 2.05) is 13.8 Å². The molecule has 0 N–H and O–H groups in total. The molecule has 4 unspecified atom stereocenters. The van der Waals surface area contributed by atoms with E-state index in [0.717, 1.165) is 0 Å². The van der Waals surface area contributed by atoms with Crippen LogP contribution in [0.5, 0.6) is 0 Å². The van der Waals surface area contributed by atoms with Crippen molar-refractivity contribution in [2.45, 2.75) is 133 Å².